The van der Waals surface area contributed by atoms with Crippen molar-refractivity contribution in [1.29, 1.82) is 0 Å². The van der Waals surface area contributed by atoms with E-state index in [1.807, 2.05) is 44.2 Å². The third-order valence-corrected chi connectivity index (χ3v) is 3.66. The van der Waals surface area contributed by atoms with Crippen LogP contribution in [0.5, 0.6) is 0 Å². The normalized spacial score (nSPS) is 12.0. The van der Waals surface area contributed by atoms with Crippen LogP contribution in [0.1, 0.15) is 34.6 Å². The zero-order chi connectivity index (χ0) is 14.7. The lowest BCUT2D eigenvalue weighted by atomic mass is 10.1. The second kappa shape index (κ2) is 6.06. The van der Waals surface area contributed by atoms with Gasteiger partial charge in [-0.1, -0.05) is 23.7 Å². The molecule has 0 saturated carbocycles. The van der Waals surface area contributed by atoms with Gasteiger partial charge in [0.15, 0.2) is 0 Å². The molecule has 0 spiro atoms. The number of carbonyl (C=O) groups excluding carboxylic acids is 1. The maximum Gasteiger partial charge on any atom is 0.255 e. The molecule has 4 heteroatoms. The number of amides is 1. The number of hydrogen-bond donors (Lipinski definition) is 0. The molecule has 3 nitrogen and oxygen atoms in total. The van der Waals surface area contributed by atoms with E-state index in [0.29, 0.717) is 10.6 Å². The van der Waals surface area contributed by atoms with Crippen molar-refractivity contribution in [3.05, 3.63) is 64.4 Å². The summed E-state index contributed by atoms with van der Waals surface area (Å²) in [5, 5.41) is 0.692. The summed E-state index contributed by atoms with van der Waals surface area (Å²) in [7, 11) is 1.79. The maximum absolute atomic E-state index is 12.4. The van der Waals surface area contributed by atoms with Crippen LogP contribution in [-0.2, 0) is 0 Å². The van der Waals surface area contributed by atoms with Gasteiger partial charge in [0.1, 0.15) is 0 Å². The first-order valence-electron chi connectivity index (χ1n) is 6.44. The predicted octanol–water partition coefficient (Wildman–Crippen LogP) is 3.88. The van der Waals surface area contributed by atoms with Gasteiger partial charge in [0.05, 0.1) is 11.6 Å². The van der Waals surface area contributed by atoms with Gasteiger partial charge in [-0.3, -0.25) is 9.78 Å². The van der Waals surface area contributed by atoms with Crippen molar-refractivity contribution >= 4 is 17.5 Å². The summed E-state index contributed by atoms with van der Waals surface area (Å²) in [5.41, 5.74) is 2.54. The number of rotatable bonds is 3. The molecule has 20 heavy (non-hydrogen) atoms. The van der Waals surface area contributed by atoms with Crippen LogP contribution in [0.2, 0.25) is 5.02 Å². The fourth-order valence-electron chi connectivity index (χ4n) is 1.94. The summed E-state index contributed by atoms with van der Waals surface area (Å²) in [4.78, 5) is 18.3. The molecule has 0 aliphatic rings. The molecule has 0 radical (unpaired) electrons. The van der Waals surface area contributed by atoms with Crippen LogP contribution in [-0.4, -0.2) is 22.8 Å². The van der Waals surface area contributed by atoms with Crippen molar-refractivity contribution < 1.29 is 4.79 Å². The van der Waals surface area contributed by atoms with E-state index in [1.165, 1.54) is 0 Å². The van der Waals surface area contributed by atoms with E-state index in [9.17, 15) is 4.79 Å². The lowest BCUT2D eigenvalue weighted by Crippen LogP contribution is -2.29. The van der Waals surface area contributed by atoms with Gasteiger partial charge in [-0.05, 0) is 43.7 Å². The van der Waals surface area contributed by atoms with Crippen LogP contribution in [0.25, 0.3) is 0 Å². The first kappa shape index (κ1) is 14.5. The van der Waals surface area contributed by atoms with Crippen molar-refractivity contribution in [3.63, 3.8) is 0 Å². The van der Waals surface area contributed by atoms with Gasteiger partial charge < -0.3 is 4.90 Å². The van der Waals surface area contributed by atoms with Gasteiger partial charge in [-0.2, -0.15) is 0 Å². The van der Waals surface area contributed by atoms with Gasteiger partial charge in [0.2, 0.25) is 0 Å². The Kier molecular flexibility index (Phi) is 4.40. The molecule has 0 N–H and O–H groups in total. The fraction of sp³-hybridized carbons (Fsp3) is 0.250. The average Bonchev–Trinajstić information content (AvgIpc) is 2.46. The Bertz CT molecular complexity index is 593. The molecule has 104 valence electrons. The molecule has 0 aliphatic carbocycles. The van der Waals surface area contributed by atoms with Crippen molar-refractivity contribution in [2.45, 2.75) is 19.9 Å². The van der Waals surface area contributed by atoms with Crippen molar-refractivity contribution in [1.82, 2.24) is 9.88 Å². The Morgan fingerprint density at radius 3 is 2.40 bits per heavy atom. The van der Waals surface area contributed by atoms with Crippen LogP contribution < -0.4 is 0 Å². The van der Waals surface area contributed by atoms with Crippen molar-refractivity contribution in [2.75, 3.05) is 7.05 Å². The standard InChI is InChI=1S/C16H17ClN2O/c1-11-4-5-14(10-18-11)16(20)19(3)12(2)13-6-8-15(17)9-7-13/h4-10,12H,1-3H3. The van der Waals surface area contributed by atoms with Gasteiger partial charge in [0.25, 0.3) is 5.91 Å². The minimum atomic E-state index is -0.0417. The van der Waals surface area contributed by atoms with E-state index in [1.54, 1.807) is 24.2 Å². The Morgan fingerprint density at radius 2 is 1.85 bits per heavy atom. The Labute approximate surface area is 124 Å². The molecule has 2 rings (SSSR count). The van der Waals surface area contributed by atoms with Gasteiger partial charge in [-0.25, -0.2) is 0 Å². The average molecular weight is 289 g/mol. The molecule has 1 unspecified atom stereocenters. The van der Waals surface area contributed by atoms with E-state index < -0.39 is 0 Å². The second-order valence-corrected chi connectivity index (χ2v) is 5.27. The molecular weight excluding hydrogens is 272 g/mol. The number of halogens is 1. The molecule has 2 aromatic rings. The van der Waals surface area contributed by atoms with E-state index >= 15 is 0 Å². The number of aromatic nitrogens is 1. The first-order chi connectivity index (χ1) is 9.49. The van der Waals surface area contributed by atoms with Crippen molar-refractivity contribution in [2.24, 2.45) is 0 Å². The zero-order valence-corrected chi connectivity index (χ0v) is 12.6. The first-order valence-corrected chi connectivity index (χ1v) is 6.82. The molecule has 0 saturated heterocycles. The predicted molar refractivity (Wildman–Crippen MR) is 80.9 cm³/mol. The lowest BCUT2D eigenvalue weighted by molar-refractivity contribution is 0.0742. The number of benzene rings is 1. The van der Waals surface area contributed by atoms with Crippen LogP contribution in [0, 0.1) is 6.92 Å². The van der Waals surface area contributed by atoms with Crippen LogP contribution in [0.3, 0.4) is 0 Å². The van der Waals surface area contributed by atoms with Gasteiger partial charge >= 0.3 is 0 Å². The maximum atomic E-state index is 12.4. The van der Waals surface area contributed by atoms with E-state index in [-0.39, 0.29) is 11.9 Å². The summed E-state index contributed by atoms with van der Waals surface area (Å²) in [6, 6.07) is 11.2. The quantitative estimate of drug-likeness (QED) is 0.859. The molecule has 1 aromatic carbocycles. The Hall–Kier alpha value is -1.87. The highest BCUT2D eigenvalue weighted by atomic mass is 35.5. The highest BCUT2D eigenvalue weighted by Gasteiger charge is 2.18. The Balaban J connectivity index is 2.17. The van der Waals surface area contributed by atoms with E-state index in [2.05, 4.69) is 4.98 Å². The fourth-order valence-corrected chi connectivity index (χ4v) is 2.06. The highest BCUT2D eigenvalue weighted by Crippen LogP contribution is 2.22. The largest absolute Gasteiger partial charge is 0.335 e. The molecule has 0 bridgehead atoms. The van der Waals surface area contributed by atoms with Crippen LogP contribution >= 0.6 is 11.6 Å². The van der Waals surface area contributed by atoms with Gasteiger partial charge in [-0.15, -0.1) is 0 Å². The molecular formula is C16H17ClN2O. The summed E-state index contributed by atoms with van der Waals surface area (Å²) >= 11 is 5.88. The third-order valence-electron chi connectivity index (χ3n) is 3.41. The monoisotopic (exact) mass is 288 g/mol. The summed E-state index contributed by atoms with van der Waals surface area (Å²) in [6.07, 6.45) is 1.61. The number of pyridine rings is 1. The highest BCUT2D eigenvalue weighted by molar-refractivity contribution is 6.30. The summed E-state index contributed by atoms with van der Waals surface area (Å²) in [5.74, 6) is -0.0417. The lowest BCUT2D eigenvalue weighted by Gasteiger charge is -2.25. The second-order valence-electron chi connectivity index (χ2n) is 4.83. The molecule has 0 aliphatic heterocycles. The van der Waals surface area contributed by atoms with E-state index in [0.717, 1.165) is 11.3 Å². The smallest absolute Gasteiger partial charge is 0.255 e. The minimum Gasteiger partial charge on any atom is -0.335 e. The van der Waals surface area contributed by atoms with E-state index in [4.69, 9.17) is 11.6 Å². The SMILES string of the molecule is Cc1ccc(C(=O)N(C)C(C)c2ccc(Cl)cc2)cn1. The number of hydrogen-bond acceptors (Lipinski definition) is 2. The van der Waals surface area contributed by atoms with Crippen molar-refractivity contribution in [3.8, 4) is 0 Å². The molecule has 1 heterocycles. The van der Waals surface area contributed by atoms with Gasteiger partial charge in [0, 0.05) is 24.0 Å². The Morgan fingerprint density at radius 1 is 1.20 bits per heavy atom. The number of nitrogens with zero attached hydrogens (tertiary/aromatic N) is 2. The molecule has 0 fully saturated rings. The third kappa shape index (κ3) is 3.17. The topological polar surface area (TPSA) is 33.2 Å². The summed E-state index contributed by atoms with van der Waals surface area (Å²) in [6.45, 7) is 3.89. The molecule has 1 aromatic heterocycles. The minimum absolute atomic E-state index is 0.0268. The number of aryl methyl sites for hydroxylation is 1. The molecule has 1 amide bonds. The van der Waals surface area contributed by atoms with Crippen LogP contribution in [0.15, 0.2) is 42.6 Å². The van der Waals surface area contributed by atoms with Crippen LogP contribution in [0.4, 0.5) is 0 Å². The summed E-state index contributed by atoms with van der Waals surface area (Å²) < 4.78 is 0. The zero-order valence-electron chi connectivity index (χ0n) is 11.8. The molecule has 1 atom stereocenters. The number of carbonyl (C=O) groups is 1.